The molecule has 4 rings (SSSR count). The Morgan fingerprint density at radius 3 is 2.95 bits per heavy atom. The molecule has 1 amide bonds. The minimum atomic E-state index is -0.0395. The van der Waals surface area contributed by atoms with Crippen molar-refractivity contribution in [3.63, 3.8) is 0 Å². The Hall–Kier alpha value is -2.70. The van der Waals surface area contributed by atoms with Crippen LogP contribution in [0.3, 0.4) is 0 Å². The van der Waals surface area contributed by atoms with Crippen LogP contribution in [0.1, 0.15) is 29.4 Å². The van der Waals surface area contributed by atoms with Crippen LogP contribution in [-0.2, 0) is 0 Å². The summed E-state index contributed by atoms with van der Waals surface area (Å²) in [5.74, 6) is 0.508. The molecule has 1 fully saturated rings. The fraction of sp³-hybridized carbons (Fsp3) is 0.333. The number of fused-ring (bicyclic) bond motifs is 1. The summed E-state index contributed by atoms with van der Waals surface area (Å²) in [5.41, 5.74) is 0.444. The van der Waals surface area contributed by atoms with Crippen molar-refractivity contribution in [1.29, 1.82) is 0 Å². The Labute approximate surface area is 127 Å². The van der Waals surface area contributed by atoms with E-state index < -0.39 is 0 Å². The first kappa shape index (κ1) is 13.0. The highest BCUT2D eigenvalue weighted by Crippen LogP contribution is 2.22. The van der Waals surface area contributed by atoms with E-state index in [1.54, 1.807) is 23.0 Å². The van der Waals surface area contributed by atoms with E-state index in [0.29, 0.717) is 18.0 Å². The van der Waals surface area contributed by atoms with Crippen LogP contribution < -0.4 is 0 Å². The van der Waals surface area contributed by atoms with Gasteiger partial charge in [-0.1, -0.05) is 0 Å². The lowest BCUT2D eigenvalue weighted by Gasteiger charge is -2.32. The Balaban J connectivity index is 1.56. The van der Waals surface area contributed by atoms with Crippen molar-refractivity contribution >= 4 is 11.7 Å². The van der Waals surface area contributed by atoms with Crippen LogP contribution in [0.5, 0.6) is 0 Å². The Bertz CT molecular complexity index is 760. The van der Waals surface area contributed by atoms with Crippen LogP contribution in [0.2, 0.25) is 0 Å². The molecule has 7 heteroatoms. The summed E-state index contributed by atoms with van der Waals surface area (Å²) in [6, 6.07) is 3.97. The molecular formula is C15H16N6O. The molecule has 0 N–H and O–H groups in total. The molecule has 0 bridgehead atoms. The average Bonchev–Trinajstić information content (AvgIpc) is 3.23. The number of rotatable bonds is 2. The molecule has 0 radical (unpaired) electrons. The maximum Gasteiger partial charge on any atom is 0.274 e. The highest BCUT2D eigenvalue weighted by molar-refractivity contribution is 5.92. The van der Waals surface area contributed by atoms with Crippen LogP contribution in [0, 0.1) is 0 Å². The van der Waals surface area contributed by atoms with Gasteiger partial charge in [0.2, 0.25) is 5.78 Å². The topological polar surface area (TPSA) is 68.3 Å². The molecule has 1 saturated heterocycles. The number of imidazole rings is 1. The van der Waals surface area contributed by atoms with Gasteiger partial charge in [0.1, 0.15) is 5.69 Å². The zero-order valence-electron chi connectivity index (χ0n) is 12.0. The van der Waals surface area contributed by atoms with E-state index in [9.17, 15) is 4.79 Å². The third kappa shape index (κ3) is 2.24. The van der Waals surface area contributed by atoms with Gasteiger partial charge < -0.3 is 4.90 Å². The zero-order chi connectivity index (χ0) is 14.9. The van der Waals surface area contributed by atoms with Gasteiger partial charge in [-0.15, -0.1) is 0 Å². The number of aromatic nitrogens is 5. The van der Waals surface area contributed by atoms with Gasteiger partial charge >= 0.3 is 0 Å². The minimum Gasteiger partial charge on any atom is -0.335 e. The number of carbonyl (C=O) groups excluding carboxylic acids is 1. The molecule has 3 aromatic rings. The molecular weight excluding hydrogens is 280 g/mol. The van der Waals surface area contributed by atoms with E-state index in [1.165, 1.54) is 0 Å². The summed E-state index contributed by atoms with van der Waals surface area (Å²) in [6.45, 7) is 1.43. The number of amides is 1. The fourth-order valence-corrected chi connectivity index (χ4v) is 2.95. The summed E-state index contributed by atoms with van der Waals surface area (Å²) >= 11 is 0. The molecule has 4 heterocycles. The summed E-state index contributed by atoms with van der Waals surface area (Å²) in [5, 5.41) is 4.29. The molecule has 1 unspecified atom stereocenters. The number of nitrogens with zero attached hydrogens (tertiary/aromatic N) is 6. The lowest BCUT2D eigenvalue weighted by Crippen LogP contribution is -2.41. The van der Waals surface area contributed by atoms with Crippen molar-refractivity contribution in [2.75, 3.05) is 13.1 Å². The van der Waals surface area contributed by atoms with Crippen LogP contribution in [0.25, 0.3) is 5.78 Å². The van der Waals surface area contributed by atoms with Crippen molar-refractivity contribution in [3.8, 4) is 0 Å². The van der Waals surface area contributed by atoms with Gasteiger partial charge in [0, 0.05) is 44.1 Å². The van der Waals surface area contributed by atoms with Gasteiger partial charge in [0.15, 0.2) is 0 Å². The monoisotopic (exact) mass is 296 g/mol. The number of carbonyl (C=O) groups is 1. The first-order valence-electron chi connectivity index (χ1n) is 7.39. The molecule has 0 aliphatic carbocycles. The minimum absolute atomic E-state index is 0.0395. The third-order valence-corrected chi connectivity index (χ3v) is 4.04. The standard InChI is InChI=1S/C15H16N6O/c22-14(13-11-20-8-2-5-16-15(20)18-13)19-7-1-4-12(10-19)21-9-3-6-17-21/h2-3,5-6,8-9,11-12H,1,4,7,10H2. The van der Waals surface area contributed by atoms with Crippen LogP contribution in [-0.4, -0.2) is 48.0 Å². The Morgan fingerprint density at radius 2 is 2.14 bits per heavy atom. The number of hydrogen-bond donors (Lipinski definition) is 0. The normalized spacial score (nSPS) is 18.7. The number of hydrogen-bond acceptors (Lipinski definition) is 4. The fourth-order valence-electron chi connectivity index (χ4n) is 2.95. The van der Waals surface area contributed by atoms with E-state index in [2.05, 4.69) is 15.1 Å². The van der Waals surface area contributed by atoms with Crippen molar-refractivity contribution < 1.29 is 4.79 Å². The zero-order valence-corrected chi connectivity index (χ0v) is 12.0. The lowest BCUT2D eigenvalue weighted by atomic mass is 10.1. The first-order chi connectivity index (χ1) is 10.8. The molecule has 3 aromatic heterocycles. The van der Waals surface area contributed by atoms with Crippen molar-refractivity contribution in [1.82, 2.24) is 29.0 Å². The van der Waals surface area contributed by atoms with E-state index in [4.69, 9.17) is 0 Å². The summed E-state index contributed by atoms with van der Waals surface area (Å²) < 4.78 is 3.70. The van der Waals surface area contributed by atoms with Crippen LogP contribution in [0.4, 0.5) is 0 Å². The molecule has 0 saturated carbocycles. The number of piperidine rings is 1. The van der Waals surface area contributed by atoms with E-state index in [0.717, 1.165) is 19.4 Å². The van der Waals surface area contributed by atoms with Crippen LogP contribution in [0.15, 0.2) is 43.1 Å². The van der Waals surface area contributed by atoms with Crippen molar-refractivity contribution in [2.24, 2.45) is 0 Å². The van der Waals surface area contributed by atoms with E-state index in [1.807, 2.05) is 34.1 Å². The average molecular weight is 296 g/mol. The molecule has 112 valence electrons. The summed E-state index contributed by atoms with van der Waals surface area (Å²) in [7, 11) is 0. The highest BCUT2D eigenvalue weighted by atomic mass is 16.2. The smallest absolute Gasteiger partial charge is 0.274 e. The molecule has 22 heavy (non-hydrogen) atoms. The second-order valence-electron chi connectivity index (χ2n) is 5.49. The highest BCUT2D eigenvalue weighted by Gasteiger charge is 2.27. The second kappa shape index (κ2) is 5.25. The van der Waals surface area contributed by atoms with Gasteiger partial charge in [-0.05, 0) is 25.0 Å². The maximum atomic E-state index is 12.7. The van der Waals surface area contributed by atoms with Gasteiger partial charge in [-0.2, -0.15) is 5.10 Å². The molecule has 0 spiro atoms. The van der Waals surface area contributed by atoms with Gasteiger partial charge in [-0.3, -0.25) is 13.9 Å². The maximum absolute atomic E-state index is 12.7. The molecule has 1 atom stereocenters. The quantitative estimate of drug-likeness (QED) is 0.717. The number of likely N-dealkylation sites (tertiary alicyclic amines) is 1. The van der Waals surface area contributed by atoms with E-state index >= 15 is 0 Å². The Kier molecular flexibility index (Phi) is 3.10. The summed E-state index contributed by atoms with van der Waals surface area (Å²) in [4.78, 5) is 23.0. The molecule has 1 aliphatic rings. The van der Waals surface area contributed by atoms with Crippen LogP contribution >= 0.6 is 0 Å². The van der Waals surface area contributed by atoms with Gasteiger partial charge in [0.25, 0.3) is 5.91 Å². The Morgan fingerprint density at radius 1 is 1.23 bits per heavy atom. The predicted molar refractivity (Wildman–Crippen MR) is 79.4 cm³/mol. The molecule has 7 nitrogen and oxygen atoms in total. The first-order valence-corrected chi connectivity index (χ1v) is 7.39. The van der Waals surface area contributed by atoms with Gasteiger partial charge in [0.05, 0.1) is 6.04 Å². The van der Waals surface area contributed by atoms with Crippen molar-refractivity contribution in [2.45, 2.75) is 18.9 Å². The molecule has 1 aliphatic heterocycles. The summed E-state index contributed by atoms with van der Waals surface area (Å²) in [6.07, 6.45) is 11.0. The second-order valence-corrected chi connectivity index (χ2v) is 5.49. The lowest BCUT2D eigenvalue weighted by molar-refractivity contribution is 0.0667. The predicted octanol–water partition coefficient (Wildman–Crippen LogP) is 1.40. The van der Waals surface area contributed by atoms with E-state index in [-0.39, 0.29) is 11.9 Å². The van der Waals surface area contributed by atoms with Crippen molar-refractivity contribution in [3.05, 3.63) is 48.8 Å². The molecule has 0 aromatic carbocycles. The SMILES string of the molecule is O=C(c1cn2cccnc2n1)N1CCCC(n2cccn2)C1. The largest absolute Gasteiger partial charge is 0.335 e. The third-order valence-electron chi connectivity index (χ3n) is 4.04. The van der Waals surface area contributed by atoms with Gasteiger partial charge in [-0.25, -0.2) is 9.97 Å².